The van der Waals surface area contributed by atoms with Gasteiger partial charge in [-0.15, -0.1) is 5.10 Å². The minimum absolute atomic E-state index is 0.0418. The lowest BCUT2D eigenvalue weighted by molar-refractivity contribution is -0.116. The number of nitrogens with two attached hydrogens (primary N) is 1. The maximum atomic E-state index is 12.1. The number of amides is 1. The molecule has 1 amide bonds. The number of rotatable bonds is 6. The van der Waals surface area contributed by atoms with Crippen LogP contribution in [0.2, 0.25) is 0 Å². The number of hydrogen-bond acceptors (Lipinski definition) is 8. The van der Waals surface area contributed by atoms with Gasteiger partial charge < -0.3 is 16.0 Å². The van der Waals surface area contributed by atoms with Crippen molar-refractivity contribution in [1.82, 2.24) is 34.7 Å². The number of nitrogens with zero attached hydrogens (tertiary/aromatic N) is 8. The molecule has 0 atom stereocenters. The first-order valence-corrected chi connectivity index (χ1v) is 7.99. The molecule has 0 fully saturated rings. The van der Waals surface area contributed by atoms with E-state index in [1.165, 1.54) is 4.68 Å². The summed E-state index contributed by atoms with van der Waals surface area (Å²) in [5, 5.41) is 14.6. The van der Waals surface area contributed by atoms with Gasteiger partial charge in [-0.05, 0) is 6.92 Å². The van der Waals surface area contributed by atoms with Gasteiger partial charge in [0.2, 0.25) is 11.9 Å². The molecule has 0 aliphatic carbocycles. The smallest absolute Gasteiger partial charge is 0.247 e. The number of aryl methyl sites for hydroxylation is 1. The lowest BCUT2D eigenvalue weighted by atomic mass is 10.2. The molecule has 26 heavy (non-hydrogen) atoms. The highest BCUT2D eigenvalue weighted by Gasteiger charge is 2.11. The summed E-state index contributed by atoms with van der Waals surface area (Å²) in [5.74, 6) is 1.02. The lowest BCUT2D eigenvalue weighted by Crippen LogP contribution is -2.19. The number of nitrogens with one attached hydrogen (secondary N) is 1. The summed E-state index contributed by atoms with van der Waals surface area (Å²) in [6.07, 6.45) is 5.02. The van der Waals surface area contributed by atoms with Crippen molar-refractivity contribution in [2.75, 3.05) is 30.0 Å². The van der Waals surface area contributed by atoms with Crippen molar-refractivity contribution in [3.05, 3.63) is 24.7 Å². The van der Waals surface area contributed by atoms with E-state index in [4.69, 9.17) is 5.73 Å². The van der Waals surface area contributed by atoms with Gasteiger partial charge in [-0.25, -0.2) is 4.98 Å². The van der Waals surface area contributed by atoms with E-state index in [1.54, 1.807) is 34.2 Å². The first-order valence-electron chi connectivity index (χ1n) is 7.99. The van der Waals surface area contributed by atoms with Crippen LogP contribution in [0.4, 0.5) is 17.6 Å². The molecule has 0 saturated heterocycles. The predicted octanol–water partition coefficient (Wildman–Crippen LogP) is 0.238. The Morgan fingerprint density at radius 2 is 2.08 bits per heavy atom. The molecule has 0 radical (unpaired) electrons. The normalized spacial score (nSPS) is 10.7. The SMILES string of the molecule is CCn1cc(NC(=O)Cn2cc(-c3cc(N)nc(N(C)C)n3)cn2)nn1. The molecule has 3 rings (SSSR count). The van der Waals surface area contributed by atoms with Crippen molar-refractivity contribution < 1.29 is 4.79 Å². The second-order valence-corrected chi connectivity index (χ2v) is 5.81. The van der Waals surface area contributed by atoms with Crippen molar-refractivity contribution in [2.45, 2.75) is 20.0 Å². The zero-order valence-electron chi connectivity index (χ0n) is 14.8. The van der Waals surface area contributed by atoms with Crippen LogP contribution >= 0.6 is 0 Å². The number of carbonyl (C=O) groups is 1. The summed E-state index contributed by atoms with van der Waals surface area (Å²) in [6.45, 7) is 2.66. The van der Waals surface area contributed by atoms with Crippen molar-refractivity contribution in [3.8, 4) is 11.3 Å². The summed E-state index contributed by atoms with van der Waals surface area (Å²) >= 11 is 0. The van der Waals surface area contributed by atoms with Crippen LogP contribution in [0, 0.1) is 0 Å². The maximum absolute atomic E-state index is 12.1. The monoisotopic (exact) mass is 356 g/mol. The number of aromatic nitrogens is 7. The second-order valence-electron chi connectivity index (χ2n) is 5.81. The zero-order valence-corrected chi connectivity index (χ0v) is 14.8. The lowest BCUT2D eigenvalue weighted by Gasteiger charge is -2.11. The first-order chi connectivity index (χ1) is 12.4. The first kappa shape index (κ1) is 17.3. The average Bonchev–Trinajstić information content (AvgIpc) is 3.23. The fourth-order valence-corrected chi connectivity index (χ4v) is 2.22. The van der Waals surface area contributed by atoms with Crippen LogP contribution in [0.25, 0.3) is 11.3 Å². The molecule has 136 valence electrons. The van der Waals surface area contributed by atoms with Crippen molar-refractivity contribution >= 4 is 23.5 Å². The van der Waals surface area contributed by atoms with Gasteiger partial charge in [0.1, 0.15) is 12.4 Å². The number of carbonyl (C=O) groups excluding carboxylic acids is 1. The van der Waals surface area contributed by atoms with Crippen LogP contribution in [-0.4, -0.2) is 54.7 Å². The largest absolute Gasteiger partial charge is 0.384 e. The van der Waals surface area contributed by atoms with E-state index < -0.39 is 0 Å². The maximum Gasteiger partial charge on any atom is 0.247 e. The summed E-state index contributed by atoms with van der Waals surface area (Å²) in [7, 11) is 3.67. The van der Waals surface area contributed by atoms with Gasteiger partial charge in [0.15, 0.2) is 5.82 Å². The molecular formula is C15H20N10O. The van der Waals surface area contributed by atoms with Crippen molar-refractivity contribution in [1.29, 1.82) is 0 Å². The summed E-state index contributed by atoms with van der Waals surface area (Å²) in [5.41, 5.74) is 7.22. The van der Waals surface area contributed by atoms with Crippen LogP contribution in [0.3, 0.4) is 0 Å². The standard InChI is InChI=1S/C15H20N10O/c1-4-24-8-13(21-22-24)20-14(26)9-25-7-10(6-17-25)11-5-12(16)19-15(18-11)23(2)3/h5-8H,4,9H2,1-3H3,(H,20,26)(H2,16,18,19). The van der Waals surface area contributed by atoms with Gasteiger partial charge in [-0.1, -0.05) is 5.21 Å². The van der Waals surface area contributed by atoms with Crippen LogP contribution in [0.15, 0.2) is 24.7 Å². The minimum atomic E-state index is -0.251. The summed E-state index contributed by atoms with van der Waals surface area (Å²) in [6, 6.07) is 1.66. The Labute approximate surface area is 149 Å². The van der Waals surface area contributed by atoms with Crippen molar-refractivity contribution in [2.24, 2.45) is 0 Å². The molecule has 0 bridgehead atoms. The van der Waals surface area contributed by atoms with Gasteiger partial charge in [0.25, 0.3) is 0 Å². The summed E-state index contributed by atoms with van der Waals surface area (Å²) < 4.78 is 3.14. The number of hydrogen-bond donors (Lipinski definition) is 2. The Kier molecular flexibility index (Phi) is 4.78. The second kappa shape index (κ2) is 7.17. The Morgan fingerprint density at radius 3 is 2.77 bits per heavy atom. The molecular weight excluding hydrogens is 336 g/mol. The van der Waals surface area contributed by atoms with Crippen LogP contribution < -0.4 is 16.0 Å². The topological polar surface area (TPSA) is 133 Å². The Bertz CT molecular complexity index is 913. The third kappa shape index (κ3) is 3.94. The quantitative estimate of drug-likeness (QED) is 0.642. The van der Waals surface area contributed by atoms with E-state index >= 15 is 0 Å². The van der Waals surface area contributed by atoms with Gasteiger partial charge >= 0.3 is 0 Å². The third-order valence-electron chi connectivity index (χ3n) is 3.50. The van der Waals surface area contributed by atoms with Crippen LogP contribution in [0.1, 0.15) is 6.92 Å². The van der Waals surface area contributed by atoms with E-state index in [0.717, 1.165) is 5.56 Å². The fraction of sp³-hybridized carbons (Fsp3) is 0.333. The van der Waals surface area contributed by atoms with Gasteiger partial charge in [-0.3, -0.25) is 14.2 Å². The molecule has 3 heterocycles. The third-order valence-corrected chi connectivity index (χ3v) is 3.50. The average molecular weight is 356 g/mol. The van der Waals surface area contributed by atoms with Crippen LogP contribution in [0.5, 0.6) is 0 Å². The molecule has 0 aliphatic heterocycles. The van der Waals surface area contributed by atoms with Gasteiger partial charge in [-0.2, -0.15) is 10.1 Å². The molecule has 3 aromatic heterocycles. The minimum Gasteiger partial charge on any atom is -0.384 e. The molecule has 0 aromatic carbocycles. The molecule has 0 aliphatic rings. The van der Waals surface area contributed by atoms with E-state index in [-0.39, 0.29) is 12.5 Å². The fourth-order valence-electron chi connectivity index (χ4n) is 2.22. The van der Waals surface area contributed by atoms with E-state index in [2.05, 4.69) is 30.7 Å². The molecule has 11 nitrogen and oxygen atoms in total. The van der Waals surface area contributed by atoms with E-state index in [0.29, 0.717) is 29.8 Å². The van der Waals surface area contributed by atoms with Gasteiger partial charge in [0, 0.05) is 38.5 Å². The molecule has 11 heteroatoms. The Balaban J connectivity index is 1.70. The Hall–Kier alpha value is -3.50. The highest BCUT2D eigenvalue weighted by Crippen LogP contribution is 2.20. The van der Waals surface area contributed by atoms with Crippen molar-refractivity contribution in [3.63, 3.8) is 0 Å². The number of nitrogen functional groups attached to an aromatic ring is 1. The van der Waals surface area contributed by atoms with E-state index in [9.17, 15) is 4.79 Å². The van der Waals surface area contributed by atoms with Crippen LogP contribution in [-0.2, 0) is 17.9 Å². The number of anilines is 3. The molecule has 3 aromatic rings. The highest BCUT2D eigenvalue weighted by molar-refractivity contribution is 5.89. The zero-order chi connectivity index (χ0) is 18.7. The Morgan fingerprint density at radius 1 is 1.27 bits per heavy atom. The summed E-state index contributed by atoms with van der Waals surface area (Å²) in [4.78, 5) is 22.5. The van der Waals surface area contributed by atoms with Gasteiger partial charge in [0.05, 0.1) is 18.1 Å². The van der Waals surface area contributed by atoms with E-state index in [1.807, 2.05) is 21.0 Å². The molecule has 0 saturated carbocycles. The molecule has 3 N–H and O–H groups in total. The highest BCUT2D eigenvalue weighted by atomic mass is 16.2. The molecule has 0 unspecified atom stereocenters. The molecule has 0 spiro atoms. The predicted molar refractivity (Wildman–Crippen MR) is 96.3 cm³/mol.